The van der Waals surface area contributed by atoms with Crippen LogP contribution in [0.25, 0.3) is 6.08 Å². The average Bonchev–Trinajstić information content (AvgIpc) is 3.18. The maximum Gasteiger partial charge on any atom is 0.318 e. The zero-order valence-corrected chi connectivity index (χ0v) is 22.3. The molecule has 206 valence electrons. The Morgan fingerprint density at radius 2 is 1.68 bits per heavy atom. The predicted molar refractivity (Wildman–Crippen MR) is 147 cm³/mol. The maximum atomic E-state index is 12.9. The van der Waals surface area contributed by atoms with Crippen LogP contribution in [0.15, 0.2) is 65.6 Å². The fourth-order valence-electron chi connectivity index (χ4n) is 3.59. The van der Waals surface area contributed by atoms with Gasteiger partial charge in [-0.3, -0.25) is 34.7 Å². The normalized spacial score (nSPS) is 13.9. The van der Waals surface area contributed by atoms with Crippen LogP contribution in [-0.4, -0.2) is 45.7 Å². The van der Waals surface area contributed by atoms with Crippen LogP contribution in [-0.2, 0) is 4.79 Å². The molecule has 0 saturated carbocycles. The highest BCUT2D eigenvalue weighted by molar-refractivity contribution is 8.18. The molecule has 3 aromatic carbocycles. The van der Waals surface area contributed by atoms with Crippen LogP contribution in [0.3, 0.4) is 0 Å². The van der Waals surface area contributed by atoms with Crippen molar-refractivity contribution in [1.82, 2.24) is 4.90 Å². The van der Waals surface area contributed by atoms with Crippen molar-refractivity contribution in [2.75, 3.05) is 19.8 Å². The van der Waals surface area contributed by atoms with Crippen molar-refractivity contribution < 1.29 is 33.6 Å². The number of non-ortho nitro benzene ring substituents is 1. The van der Waals surface area contributed by atoms with Crippen LogP contribution in [0.5, 0.6) is 23.0 Å². The molecular formula is C26H20ClN3O9S. The number of nitro benzene ring substituents is 2. The number of hydrogen-bond donors (Lipinski definition) is 0. The standard InChI is InChI=1S/C26H20ClN3O9S/c1-2-37-23-13-16(7-9-22(23)39-21-10-8-17(29(33)34)15-19(21)30(35)36)14-24-25(31)28(26(32)40-24)11-12-38-20-6-4-3-5-18(20)27/h3-10,13-15H,2,11-12H2,1H3/b24-14-. The number of carbonyl (C=O) groups is 2. The zero-order chi connectivity index (χ0) is 28.8. The van der Waals surface area contributed by atoms with Crippen molar-refractivity contribution in [3.05, 3.63) is 96.4 Å². The van der Waals surface area contributed by atoms with Crippen molar-refractivity contribution in [3.8, 4) is 23.0 Å². The predicted octanol–water partition coefficient (Wildman–Crippen LogP) is 6.46. The molecule has 3 aromatic rings. The second-order valence-electron chi connectivity index (χ2n) is 8.02. The van der Waals surface area contributed by atoms with E-state index < -0.39 is 32.4 Å². The highest BCUT2D eigenvalue weighted by atomic mass is 35.5. The topological polar surface area (TPSA) is 151 Å². The summed E-state index contributed by atoms with van der Waals surface area (Å²) in [5.74, 6) is 0.0514. The summed E-state index contributed by atoms with van der Waals surface area (Å²) in [4.78, 5) is 47.6. The maximum absolute atomic E-state index is 12.9. The minimum atomic E-state index is -0.785. The minimum Gasteiger partial charge on any atom is -0.490 e. The number of para-hydroxylation sites is 1. The van der Waals surface area contributed by atoms with Crippen LogP contribution >= 0.6 is 23.4 Å². The van der Waals surface area contributed by atoms with E-state index in [1.807, 2.05) is 0 Å². The van der Waals surface area contributed by atoms with Crippen molar-refractivity contribution in [2.45, 2.75) is 6.92 Å². The van der Waals surface area contributed by atoms with Gasteiger partial charge in [0.25, 0.3) is 16.8 Å². The van der Waals surface area contributed by atoms with Gasteiger partial charge in [-0.2, -0.15) is 0 Å². The van der Waals surface area contributed by atoms with E-state index in [1.54, 1.807) is 43.3 Å². The summed E-state index contributed by atoms with van der Waals surface area (Å²) < 4.78 is 16.9. The van der Waals surface area contributed by atoms with Crippen LogP contribution in [0.2, 0.25) is 5.02 Å². The van der Waals surface area contributed by atoms with E-state index in [1.165, 1.54) is 12.1 Å². The van der Waals surface area contributed by atoms with Gasteiger partial charge in [0, 0.05) is 6.07 Å². The van der Waals surface area contributed by atoms with Crippen molar-refractivity contribution in [2.24, 2.45) is 0 Å². The lowest BCUT2D eigenvalue weighted by Gasteiger charge is -2.14. The Morgan fingerprint density at radius 1 is 0.925 bits per heavy atom. The first kappa shape index (κ1) is 28.4. The first-order valence-electron chi connectivity index (χ1n) is 11.7. The van der Waals surface area contributed by atoms with E-state index in [9.17, 15) is 29.8 Å². The summed E-state index contributed by atoms with van der Waals surface area (Å²) in [5.41, 5.74) is -0.538. The molecule has 14 heteroatoms. The quantitative estimate of drug-likeness (QED) is 0.139. The van der Waals surface area contributed by atoms with E-state index in [0.29, 0.717) is 16.3 Å². The third-order valence-electron chi connectivity index (χ3n) is 5.42. The van der Waals surface area contributed by atoms with Gasteiger partial charge in [-0.1, -0.05) is 29.8 Å². The molecule has 0 aromatic heterocycles. The Balaban J connectivity index is 1.51. The number of ether oxygens (including phenoxy) is 3. The molecule has 0 spiro atoms. The number of amides is 2. The van der Waals surface area contributed by atoms with E-state index in [0.717, 1.165) is 34.9 Å². The number of rotatable bonds is 11. The second kappa shape index (κ2) is 12.5. The van der Waals surface area contributed by atoms with Gasteiger partial charge in [0.1, 0.15) is 12.4 Å². The van der Waals surface area contributed by atoms with E-state index >= 15 is 0 Å². The van der Waals surface area contributed by atoms with Crippen molar-refractivity contribution >= 4 is 52.0 Å². The van der Waals surface area contributed by atoms with Gasteiger partial charge in [-0.15, -0.1) is 0 Å². The Labute approximate surface area is 236 Å². The zero-order valence-electron chi connectivity index (χ0n) is 20.8. The van der Waals surface area contributed by atoms with Crippen LogP contribution in [0.1, 0.15) is 12.5 Å². The van der Waals surface area contributed by atoms with Gasteiger partial charge >= 0.3 is 5.69 Å². The fraction of sp³-hybridized carbons (Fsp3) is 0.154. The summed E-state index contributed by atoms with van der Waals surface area (Å²) in [6.45, 7) is 2.04. The third-order valence-corrected chi connectivity index (χ3v) is 6.64. The second-order valence-corrected chi connectivity index (χ2v) is 9.42. The van der Waals surface area contributed by atoms with Gasteiger partial charge in [-0.05, 0) is 60.7 Å². The number of hydrogen-bond acceptors (Lipinski definition) is 10. The monoisotopic (exact) mass is 585 g/mol. The summed E-state index contributed by atoms with van der Waals surface area (Å²) in [7, 11) is 0. The number of thioether (sulfide) groups is 1. The van der Waals surface area contributed by atoms with Crippen LogP contribution < -0.4 is 14.2 Å². The largest absolute Gasteiger partial charge is 0.490 e. The van der Waals surface area contributed by atoms with E-state index in [4.69, 9.17) is 25.8 Å². The van der Waals surface area contributed by atoms with Crippen LogP contribution in [0.4, 0.5) is 16.2 Å². The molecule has 40 heavy (non-hydrogen) atoms. The summed E-state index contributed by atoms with van der Waals surface area (Å²) in [5, 5.41) is 22.4. The van der Waals surface area contributed by atoms with Crippen molar-refractivity contribution in [3.63, 3.8) is 0 Å². The number of nitrogens with zero attached hydrogens (tertiary/aromatic N) is 3. The minimum absolute atomic E-state index is 0.0260. The van der Waals surface area contributed by atoms with Gasteiger partial charge in [0.15, 0.2) is 11.5 Å². The molecule has 1 fully saturated rings. The molecule has 4 rings (SSSR count). The molecule has 1 aliphatic heterocycles. The fourth-order valence-corrected chi connectivity index (χ4v) is 4.64. The van der Waals surface area contributed by atoms with Gasteiger partial charge < -0.3 is 14.2 Å². The molecule has 12 nitrogen and oxygen atoms in total. The first-order chi connectivity index (χ1) is 19.2. The Morgan fingerprint density at radius 3 is 2.38 bits per heavy atom. The highest BCUT2D eigenvalue weighted by Gasteiger charge is 2.35. The molecular weight excluding hydrogens is 566 g/mol. The summed E-state index contributed by atoms with van der Waals surface area (Å²) >= 11 is 6.84. The molecule has 0 bridgehead atoms. The number of carbonyl (C=O) groups excluding carboxylic acids is 2. The molecule has 1 saturated heterocycles. The molecule has 0 unspecified atom stereocenters. The van der Waals surface area contributed by atoms with Crippen molar-refractivity contribution in [1.29, 1.82) is 0 Å². The van der Waals surface area contributed by atoms with Gasteiger partial charge in [0.2, 0.25) is 5.75 Å². The highest BCUT2D eigenvalue weighted by Crippen LogP contribution is 2.39. The lowest BCUT2D eigenvalue weighted by Crippen LogP contribution is -2.32. The Hall–Kier alpha value is -4.62. The lowest BCUT2D eigenvalue weighted by atomic mass is 10.1. The molecule has 0 aliphatic carbocycles. The molecule has 0 N–H and O–H groups in total. The summed E-state index contributed by atoms with van der Waals surface area (Å²) in [6, 6.07) is 14.5. The van der Waals surface area contributed by atoms with E-state index in [2.05, 4.69) is 0 Å². The summed E-state index contributed by atoms with van der Waals surface area (Å²) in [6.07, 6.45) is 1.51. The first-order valence-corrected chi connectivity index (χ1v) is 12.9. The number of imide groups is 1. The smallest absolute Gasteiger partial charge is 0.318 e. The molecule has 0 atom stereocenters. The van der Waals surface area contributed by atoms with Gasteiger partial charge in [-0.25, -0.2) is 0 Å². The Bertz CT molecular complexity index is 1530. The molecule has 1 aliphatic rings. The van der Waals surface area contributed by atoms with Crippen LogP contribution in [0, 0.1) is 20.2 Å². The number of nitro groups is 2. The molecule has 1 heterocycles. The van der Waals surface area contributed by atoms with Gasteiger partial charge in [0.05, 0.1) is 39.0 Å². The lowest BCUT2D eigenvalue weighted by molar-refractivity contribution is -0.394. The molecule has 0 radical (unpaired) electrons. The van der Waals surface area contributed by atoms with E-state index in [-0.39, 0.29) is 41.9 Å². The number of benzene rings is 3. The Kier molecular flexibility index (Phi) is 8.86. The third kappa shape index (κ3) is 6.50. The number of halogens is 1. The SMILES string of the molecule is CCOc1cc(/C=C2\SC(=O)N(CCOc3ccccc3Cl)C2=O)ccc1Oc1ccc([N+](=O)[O-])cc1[N+](=O)[O-]. The average molecular weight is 586 g/mol. The molecule has 2 amide bonds.